The Morgan fingerprint density at radius 2 is 1.49 bits per heavy atom. The number of sulfonamides is 1. The Morgan fingerprint density at radius 3 is 2.00 bits per heavy atom. The Kier molecular flexibility index (Phi) is 7.70. The van der Waals surface area contributed by atoms with Crippen LogP contribution in [0, 0.1) is 0 Å². The summed E-state index contributed by atoms with van der Waals surface area (Å²) in [5, 5.41) is 1.99. The van der Waals surface area contributed by atoms with E-state index in [1.807, 2.05) is 5.32 Å². The van der Waals surface area contributed by atoms with Crippen LogP contribution in [0.2, 0.25) is 0 Å². The van der Waals surface area contributed by atoms with Crippen molar-refractivity contribution < 1.29 is 44.3 Å². The molecule has 2 aromatic carbocycles. The minimum atomic E-state index is -5.09. The van der Waals surface area contributed by atoms with E-state index in [9.17, 15) is 39.6 Å². The number of benzene rings is 2. The Morgan fingerprint density at radius 1 is 0.914 bits per heavy atom. The van der Waals surface area contributed by atoms with Gasteiger partial charge in [0.15, 0.2) is 0 Å². The van der Waals surface area contributed by atoms with Crippen molar-refractivity contribution in [3.8, 4) is 5.75 Å². The van der Waals surface area contributed by atoms with Crippen molar-refractivity contribution in [3.05, 3.63) is 53.1 Å². The number of hydrogen-bond acceptors (Lipinski definition) is 4. The fraction of sp³-hybridized carbons (Fsp3) is 0.409. The first kappa shape index (κ1) is 26.8. The quantitative estimate of drug-likeness (QED) is 0.482. The third-order valence-electron chi connectivity index (χ3n) is 5.49. The summed E-state index contributed by atoms with van der Waals surface area (Å²) < 4.78 is 112. The highest BCUT2D eigenvalue weighted by molar-refractivity contribution is 7.89. The van der Waals surface area contributed by atoms with Crippen LogP contribution >= 0.6 is 0 Å². The van der Waals surface area contributed by atoms with Crippen LogP contribution < -0.4 is 14.8 Å². The number of nitrogens with one attached hydrogen (secondary N) is 2. The lowest BCUT2D eigenvalue weighted by atomic mass is 9.96. The summed E-state index contributed by atoms with van der Waals surface area (Å²) in [7, 11) is -2.92. The molecule has 0 spiro atoms. The van der Waals surface area contributed by atoms with Gasteiger partial charge >= 0.3 is 12.4 Å². The number of amides is 1. The van der Waals surface area contributed by atoms with Crippen molar-refractivity contribution in [2.45, 2.75) is 55.4 Å². The fourth-order valence-corrected chi connectivity index (χ4v) is 5.26. The van der Waals surface area contributed by atoms with E-state index in [1.165, 1.54) is 13.2 Å². The van der Waals surface area contributed by atoms with Crippen LogP contribution in [-0.4, -0.2) is 27.5 Å². The molecule has 0 unspecified atom stereocenters. The highest BCUT2D eigenvalue weighted by Crippen LogP contribution is 2.37. The molecule has 2 N–H and O–H groups in total. The van der Waals surface area contributed by atoms with Crippen LogP contribution in [0.3, 0.4) is 0 Å². The zero-order valence-electron chi connectivity index (χ0n) is 18.4. The molecule has 1 amide bonds. The fourth-order valence-electron chi connectivity index (χ4n) is 3.76. The van der Waals surface area contributed by atoms with Crippen LogP contribution in [-0.2, 0) is 22.4 Å². The van der Waals surface area contributed by atoms with Crippen molar-refractivity contribution >= 4 is 21.6 Å². The van der Waals surface area contributed by atoms with E-state index in [1.54, 1.807) is 0 Å². The summed E-state index contributed by atoms with van der Waals surface area (Å²) in [6, 6.07) is 3.63. The number of carbonyl (C=O) groups excluding carboxylic acids is 1. The largest absolute Gasteiger partial charge is 0.495 e. The average Bonchev–Trinajstić information content (AvgIpc) is 2.77. The standard InChI is InChI=1S/C22H22F6N2O4S/c1-34-18-8-7-13(9-19(18)35(32,33)30-16-5-3-2-4-6-16)20(31)29-17-11-14(21(23,24)25)10-15(12-17)22(26,27)28/h7-12,16,30H,2-6H2,1H3,(H,29,31). The van der Waals surface area contributed by atoms with Crippen LogP contribution in [0.25, 0.3) is 0 Å². The molecule has 0 aliphatic heterocycles. The minimum absolute atomic E-state index is 0.0648. The average molecular weight is 524 g/mol. The molecule has 0 radical (unpaired) electrons. The number of rotatable bonds is 6. The van der Waals surface area contributed by atoms with Crippen LogP contribution in [0.1, 0.15) is 53.6 Å². The maximum atomic E-state index is 13.1. The lowest BCUT2D eigenvalue weighted by Crippen LogP contribution is -2.36. The zero-order chi connectivity index (χ0) is 26.0. The van der Waals surface area contributed by atoms with E-state index >= 15 is 0 Å². The number of alkyl halides is 6. The predicted molar refractivity (Wildman–Crippen MR) is 115 cm³/mol. The van der Waals surface area contributed by atoms with Crippen LogP contribution in [0.5, 0.6) is 5.75 Å². The zero-order valence-corrected chi connectivity index (χ0v) is 19.2. The molecule has 1 aliphatic carbocycles. The molecule has 2 aromatic rings. The number of carbonyl (C=O) groups is 1. The van der Waals surface area contributed by atoms with Gasteiger partial charge in [-0.05, 0) is 49.2 Å². The minimum Gasteiger partial charge on any atom is -0.495 e. The maximum Gasteiger partial charge on any atom is 0.416 e. The van der Waals surface area contributed by atoms with Gasteiger partial charge in [0.2, 0.25) is 10.0 Å². The van der Waals surface area contributed by atoms with Gasteiger partial charge in [0.25, 0.3) is 5.91 Å². The number of halogens is 6. The van der Waals surface area contributed by atoms with E-state index in [2.05, 4.69) is 4.72 Å². The summed E-state index contributed by atoms with van der Waals surface area (Å²) in [6.07, 6.45) is -6.21. The van der Waals surface area contributed by atoms with Gasteiger partial charge in [0.1, 0.15) is 10.6 Å². The van der Waals surface area contributed by atoms with Crippen molar-refractivity contribution in [1.29, 1.82) is 0 Å². The van der Waals surface area contributed by atoms with E-state index in [-0.39, 0.29) is 28.3 Å². The predicted octanol–water partition coefficient (Wildman–Crippen LogP) is 5.60. The molecule has 0 saturated heterocycles. The van der Waals surface area contributed by atoms with Crippen LogP contribution in [0.15, 0.2) is 41.3 Å². The van der Waals surface area contributed by atoms with E-state index in [0.29, 0.717) is 25.0 Å². The third kappa shape index (κ3) is 6.66. The molecule has 1 saturated carbocycles. The van der Waals surface area contributed by atoms with Gasteiger partial charge in [-0.2, -0.15) is 26.3 Å². The normalized spacial score (nSPS) is 15.6. The molecule has 35 heavy (non-hydrogen) atoms. The second-order valence-corrected chi connectivity index (χ2v) is 9.75. The molecule has 1 fully saturated rings. The Balaban J connectivity index is 1.93. The number of anilines is 1. The Labute approximate surface area is 197 Å². The number of hydrogen-bond donors (Lipinski definition) is 2. The highest BCUT2D eigenvalue weighted by atomic mass is 32.2. The first-order chi connectivity index (χ1) is 16.2. The molecule has 3 rings (SSSR count). The van der Waals surface area contributed by atoms with Crippen LogP contribution in [0.4, 0.5) is 32.0 Å². The summed E-state index contributed by atoms with van der Waals surface area (Å²) >= 11 is 0. The van der Waals surface area contributed by atoms with E-state index in [4.69, 9.17) is 4.74 Å². The number of methoxy groups -OCH3 is 1. The second kappa shape index (κ2) is 10.1. The molecule has 0 atom stereocenters. The first-order valence-electron chi connectivity index (χ1n) is 10.5. The summed E-state index contributed by atoms with van der Waals surface area (Å²) in [5.41, 5.74) is -4.26. The van der Waals surface area contributed by atoms with Gasteiger partial charge in [-0.25, -0.2) is 13.1 Å². The third-order valence-corrected chi connectivity index (χ3v) is 7.03. The molecular weight excluding hydrogens is 502 g/mol. The maximum absolute atomic E-state index is 13.1. The molecule has 192 valence electrons. The summed E-state index contributed by atoms with van der Waals surface area (Å²) in [6.45, 7) is 0. The molecule has 0 bridgehead atoms. The highest BCUT2D eigenvalue weighted by Gasteiger charge is 2.37. The molecule has 0 aromatic heterocycles. The Hall–Kier alpha value is -2.80. The molecule has 1 aliphatic rings. The van der Waals surface area contributed by atoms with Crippen molar-refractivity contribution in [2.24, 2.45) is 0 Å². The summed E-state index contributed by atoms with van der Waals surface area (Å²) in [5.74, 6) is -1.18. The number of ether oxygens (including phenoxy) is 1. The van der Waals surface area contributed by atoms with Gasteiger partial charge in [0, 0.05) is 17.3 Å². The topological polar surface area (TPSA) is 84.5 Å². The molecular formula is C22H22F6N2O4S. The van der Waals surface area contributed by atoms with Gasteiger partial charge in [-0.3, -0.25) is 4.79 Å². The molecule has 6 nitrogen and oxygen atoms in total. The second-order valence-electron chi connectivity index (χ2n) is 8.07. The van der Waals surface area contributed by atoms with Gasteiger partial charge in [0.05, 0.1) is 18.2 Å². The molecule has 0 heterocycles. The SMILES string of the molecule is COc1ccc(C(=O)Nc2cc(C(F)(F)F)cc(C(F)(F)F)c2)cc1S(=O)(=O)NC1CCCCC1. The first-order valence-corrected chi connectivity index (χ1v) is 12.0. The van der Waals surface area contributed by atoms with Crippen molar-refractivity contribution in [2.75, 3.05) is 12.4 Å². The summed E-state index contributed by atoms with van der Waals surface area (Å²) in [4.78, 5) is 12.3. The Bertz CT molecular complexity index is 1160. The molecule has 13 heteroatoms. The smallest absolute Gasteiger partial charge is 0.416 e. The van der Waals surface area contributed by atoms with Crippen molar-refractivity contribution in [3.63, 3.8) is 0 Å². The lowest BCUT2D eigenvalue weighted by molar-refractivity contribution is -0.143. The monoisotopic (exact) mass is 524 g/mol. The van der Waals surface area contributed by atoms with Gasteiger partial charge in [-0.15, -0.1) is 0 Å². The van der Waals surface area contributed by atoms with Gasteiger partial charge < -0.3 is 10.1 Å². The van der Waals surface area contributed by atoms with Gasteiger partial charge in [-0.1, -0.05) is 19.3 Å². The van der Waals surface area contributed by atoms with E-state index in [0.717, 1.165) is 31.4 Å². The lowest BCUT2D eigenvalue weighted by Gasteiger charge is -2.23. The van der Waals surface area contributed by atoms with E-state index < -0.39 is 45.1 Å². The van der Waals surface area contributed by atoms with Crippen molar-refractivity contribution in [1.82, 2.24) is 4.72 Å².